The maximum atomic E-state index is 12.3. The Morgan fingerprint density at radius 3 is 2.67 bits per heavy atom. The second kappa shape index (κ2) is 8.92. The van der Waals surface area contributed by atoms with Gasteiger partial charge in [0.25, 0.3) is 0 Å². The maximum Gasteiger partial charge on any atom is 0.237 e. The first kappa shape index (κ1) is 19.3. The van der Waals surface area contributed by atoms with Crippen molar-refractivity contribution in [2.45, 2.75) is 12.7 Å². The number of nitrogens with one attached hydrogen (secondary N) is 1. The van der Waals surface area contributed by atoms with Gasteiger partial charge in [-0.05, 0) is 31.2 Å². The first-order valence-corrected chi connectivity index (χ1v) is 10.7. The average molecular weight is 401 g/mol. The first-order chi connectivity index (χ1) is 13.0. The second-order valence-electron chi connectivity index (χ2n) is 5.99. The van der Waals surface area contributed by atoms with Gasteiger partial charge >= 0.3 is 0 Å². The molecule has 0 aliphatic rings. The van der Waals surface area contributed by atoms with Gasteiger partial charge in [0.1, 0.15) is 16.5 Å². The number of methoxy groups -OCH3 is 1. The summed E-state index contributed by atoms with van der Waals surface area (Å²) in [6, 6.07) is 15.1. The Bertz CT molecular complexity index is 952. The van der Waals surface area contributed by atoms with Crippen LogP contribution in [0.15, 0.2) is 53.9 Å². The van der Waals surface area contributed by atoms with Crippen LogP contribution in [0.2, 0.25) is 0 Å². The highest BCUT2D eigenvalue weighted by molar-refractivity contribution is 7.84. The van der Waals surface area contributed by atoms with E-state index in [1.54, 1.807) is 7.11 Å². The molecule has 0 saturated carbocycles. The zero-order valence-corrected chi connectivity index (χ0v) is 16.7. The lowest BCUT2D eigenvalue weighted by atomic mass is 10.2. The van der Waals surface area contributed by atoms with Gasteiger partial charge in [0, 0.05) is 21.9 Å². The molecule has 5 nitrogen and oxygen atoms in total. The number of carbonyl (C=O) groups is 1. The van der Waals surface area contributed by atoms with E-state index in [0.29, 0.717) is 11.4 Å². The zero-order chi connectivity index (χ0) is 19.2. The highest BCUT2D eigenvalue weighted by Crippen LogP contribution is 2.32. The minimum atomic E-state index is -1.33. The van der Waals surface area contributed by atoms with Crippen molar-refractivity contribution in [1.29, 1.82) is 0 Å². The van der Waals surface area contributed by atoms with Crippen molar-refractivity contribution in [1.82, 2.24) is 4.98 Å². The standard InChI is InChI=1S/C20H20N2O3S2/c1-14-7-9-15(10-8-14)21-19(23)13-27(24)12-16-11-26-20(22-16)17-5-3-4-6-18(17)25-2/h3-11H,12-13H2,1-2H3,(H,21,23). The molecule has 0 aliphatic carbocycles. The number of nitrogens with zero attached hydrogens (tertiary/aromatic N) is 1. The summed E-state index contributed by atoms with van der Waals surface area (Å²) in [6.45, 7) is 1.98. The number of hydrogen-bond acceptors (Lipinski definition) is 5. The summed E-state index contributed by atoms with van der Waals surface area (Å²) in [5.41, 5.74) is 3.43. The highest BCUT2D eigenvalue weighted by Gasteiger charge is 2.14. The fourth-order valence-corrected chi connectivity index (χ4v) is 4.41. The number of para-hydroxylation sites is 1. The van der Waals surface area contributed by atoms with Crippen molar-refractivity contribution in [3.05, 3.63) is 65.2 Å². The van der Waals surface area contributed by atoms with Gasteiger partial charge in [0.2, 0.25) is 5.91 Å². The molecule has 140 valence electrons. The SMILES string of the molecule is COc1ccccc1-c1nc(CS(=O)CC(=O)Nc2ccc(C)cc2)cs1. The zero-order valence-electron chi connectivity index (χ0n) is 15.1. The van der Waals surface area contributed by atoms with E-state index in [4.69, 9.17) is 4.74 Å². The van der Waals surface area contributed by atoms with Crippen molar-refractivity contribution >= 4 is 33.7 Å². The Hall–Kier alpha value is -2.51. The summed E-state index contributed by atoms with van der Waals surface area (Å²) >= 11 is 1.47. The molecule has 3 aromatic rings. The van der Waals surface area contributed by atoms with Crippen LogP contribution in [0.25, 0.3) is 10.6 Å². The number of rotatable bonds is 7. The maximum absolute atomic E-state index is 12.3. The van der Waals surface area contributed by atoms with Crippen LogP contribution in [-0.4, -0.2) is 28.0 Å². The molecular formula is C20H20N2O3S2. The molecule has 1 heterocycles. The quantitative estimate of drug-likeness (QED) is 0.651. The number of amides is 1. The number of benzene rings is 2. The van der Waals surface area contributed by atoms with Crippen LogP contribution < -0.4 is 10.1 Å². The summed E-state index contributed by atoms with van der Waals surface area (Å²) < 4.78 is 17.7. The lowest BCUT2D eigenvalue weighted by molar-refractivity contribution is -0.113. The van der Waals surface area contributed by atoms with Gasteiger partial charge in [-0.15, -0.1) is 11.3 Å². The largest absolute Gasteiger partial charge is 0.496 e. The fourth-order valence-electron chi connectivity index (χ4n) is 2.51. The van der Waals surface area contributed by atoms with Crippen molar-refractivity contribution in [3.8, 4) is 16.3 Å². The second-order valence-corrected chi connectivity index (χ2v) is 8.30. The van der Waals surface area contributed by atoms with Gasteiger partial charge in [-0.1, -0.05) is 29.8 Å². The number of anilines is 1. The monoisotopic (exact) mass is 400 g/mol. The smallest absolute Gasteiger partial charge is 0.237 e. The normalized spacial score (nSPS) is 11.8. The number of carbonyl (C=O) groups excluding carboxylic acids is 1. The van der Waals surface area contributed by atoms with Crippen LogP contribution in [0.5, 0.6) is 5.75 Å². The third kappa shape index (κ3) is 5.24. The van der Waals surface area contributed by atoms with Crippen LogP contribution in [0.3, 0.4) is 0 Å². The lowest BCUT2D eigenvalue weighted by Gasteiger charge is -2.05. The summed E-state index contributed by atoms with van der Waals surface area (Å²) in [7, 11) is 0.292. The molecule has 1 N–H and O–H groups in total. The van der Waals surface area contributed by atoms with Gasteiger partial charge in [-0.3, -0.25) is 9.00 Å². The Morgan fingerprint density at radius 2 is 1.93 bits per heavy atom. The van der Waals surface area contributed by atoms with E-state index in [2.05, 4.69) is 10.3 Å². The molecule has 7 heteroatoms. The van der Waals surface area contributed by atoms with Crippen molar-refractivity contribution < 1.29 is 13.7 Å². The van der Waals surface area contributed by atoms with Crippen molar-refractivity contribution in [2.24, 2.45) is 0 Å². The molecule has 1 aromatic heterocycles. The number of hydrogen-bond donors (Lipinski definition) is 1. The van der Waals surface area contributed by atoms with Crippen molar-refractivity contribution in [3.63, 3.8) is 0 Å². The Balaban J connectivity index is 1.59. The van der Waals surface area contributed by atoms with E-state index >= 15 is 0 Å². The molecule has 0 radical (unpaired) electrons. The van der Waals surface area contributed by atoms with Crippen LogP contribution in [0.4, 0.5) is 5.69 Å². The predicted octanol–water partition coefficient (Wildman–Crippen LogP) is 4.01. The minimum absolute atomic E-state index is 0.0601. The molecule has 27 heavy (non-hydrogen) atoms. The van der Waals surface area contributed by atoms with Gasteiger partial charge < -0.3 is 10.1 Å². The third-order valence-corrected chi connectivity index (χ3v) is 5.95. The minimum Gasteiger partial charge on any atom is -0.496 e. The molecule has 1 atom stereocenters. The molecule has 1 amide bonds. The molecule has 0 saturated heterocycles. The summed E-state index contributed by atoms with van der Waals surface area (Å²) in [6.07, 6.45) is 0. The Labute approximate surface area is 164 Å². The molecule has 0 fully saturated rings. The average Bonchev–Trinajstić information content (AvgIpc) is 3.11. The van der Waals surface area contributed by atoms with E-state index in [1.807, 2.05) is 60.8 Å². The summed E-state index contributed by atoms with van der Waals surface area (Å²) in [5, 5.41) is 5.45. The van der Waals surface area contributed by atoms with E-state index in [9.17, 15) is 9.00 Å². The van der Waals surface area contributed by atoms with E-state index in [1.165, 1.54) is 11.3 Å². The lowest BCUT2D eigenvalue weighted by Crippen LogP contribution is -2.20. The molecule has 3 rings (SSSR count). The van der Waals surface area contributed by atoms with Crippen LogP contribution in [-0.2, 0) is 21.3 Å². The van der Waals surface area contributed by atoms with E-state index < -0.39 is 10.8 Å². The molecule has 0 spiro atoms. The first-order valence-electron chi connectivity index (χ1n) is 8.34. The molecule has 0 aliphatic heterocycles. The highest BCUT2D eigenvalue weighted by atomic mass is 32.2. The number of thiazole rings is 1. The third-order valence-electron chi connectivity index (χ3n) is 3.83. The number of aryl methyl sites for hydroxylation is 1. The van der Waals surface area contributed by atoms with Crippen LogP contribution in [0, 0.1) is 6.92 Å². The van der Waals surface area contributed by atoms with Crippen molar-refractivity contribution in [2.75, 3.05) is 18.2 Å². The number of ether oxygens (including phenoxy) is 1. The summed E-state index contributed by atoms with van der Waals surface area (Å²) in [4.78, 5) is 16.6. The topological polar surface area (TPSA) is 68.3 Å². The molecule has 0 bridgehead atoms. The van der Waals surface area contributed by atoms with Gasteiger partial charge in [0.05, 0.1) is 24.1 Å². The van der Waals surface area contributed by atoms with Crippen LogP contribution >= 0.6 is 11.3 Å². The Kier molecular flexibility index (Phi) is 6.36. The summed E-state index contributed by atoms with van der Waals surface area (Å²) in [5.74, 6) is 0.664. The fraction of sp³-hybridized carbons (Fsp3) is 0.200. The number of aromatic nitrogens is 1. The van der Waals surface area contributed by atoms with Gasteiger partial charge in [0.15, 0.2) is 0 Å². The predicted molar refractivity (Wildman–Crippen MR) is 111 cm³/mol. The van der Waals surface area contributed by atoms with Crippen LogP contribution in [0.1, 0.15) is 11.3 Å². The van der Waals surface area contributed by atoms with Gasteiger partial charge in [-0.2, -0.15) is 0 Å². The van der Waals surface area contributed by atoms with E-state index in [0.717, 1.165) is 21.9 Å². The molecular weight excluding hydrogens is 380 g/mol. The molecule has 2 aromatic carbocycles. The Morgan fingerprint density at radius 1 is 1.19 bits per heavy atom. The molecule has 1 unspecified atom stereocenters. The van der Waals surface area contributed by atoms with E-state index in [-0.39, 0.29) is 17.4 Å². The van der Waals surface area contributed by atoms with Gasteiger partial charge in [-0.25, -0.2) is 4.98 Å².